The molecule has 1 fully saturated rings. The van der Waals surface area contributed by atoms with E-state index >= 15 is 0 Å². The second kappa shape index (κ2) is 4.30. The van der Waals surface area contributed by atoms with Crippen LogP contribution in [0.5, 0.6) is 11.5 Å². The molecule has 4 amide bonds. The van der Waals surface area contributed by atoms with E-state index in [1.165, 1.54) is 0 Å². The lowest BCUT2D eigenvalue weighted by molar-refractivity contribution is -0.136. The molecule has 0 saturated carbocycles. The summed E-state index contributed by atoms with van der Waals surface area (Å²) in [5.74, 6) is -3.69. The lowest BCUT2D eigenvalue weighted by Crippen LogP contribution is -2.54. The number of fused-ring (bicyclic) bond motifs is 1. The second-order valence-corrected chi connectivity index (χ2v) is 4.83. The standard InChI is InChI=1S/C13H10N2O6/c16-5-3-6-10(8(17)4-5)13(21)15(12(6)20)7-1-2-9(18)14-11(7)19/h3-4,7,16-17H,1-2H2,(H,14,18,19). The van der Waals surface area contributed by atoms with Gasteiger partial charge in [-0.15, -0.1) is 0 Å². The van der Waals surface area contributed by atoms with E-state index in [1.807, 2.05) is 0 Å². The largest absolute Gasteiger partial charge is 0.508 e. The Bertz CT molecular complexity index is 711. The van der Waals surface area contributed by atoms with Crippen LogP contribution in [-0.2, 0) is 9.59 Å². The maximum Gasteiger partial charge on any atom is 0.266 e. The molecule has 2 heterocycles. The molecule has 2 aliphatic rings. The zero-order valence-electron chi connectivity index (χ0n) is 10.6. The van der Waals surface area contributed by atoms with Crippen molar-refractivity contribution in [1.29, 1.82) is 0 Å². The van der Waals surface area contributed by atoms with Gasteiger partial charge in [-0.05, 0) is 12.5 Å². The Morgan fingerprint density at radius 3 is 2.48 bits per heavy atom. The Balaban J connectivity index is 2.02. The molecule has 1 aromatic rings. The van der Waals surface area contributed by atoms with Crippen LogP contribution in [0.15, 0.2) is 12.1 Å². The third-order valence-electron chi connectivity index (χ3n) is 3.51. The molecule has 3 rings (SSSR count). The van der Waals surface area contributed by atoms with Crippen LogP contribution in [0.3, 0.4) is 0 Å². The molecule has 3 N–H and O–H groups in total. The van der Waals surface area contributed by atoms with Gasteiger partial charge in [0.25, 0.3) is 11.8 Å². The lowest BCUT2D eigenvalue weighted by atomic mass is 10.0. The summed E-state index contributed by atoms with van der Waals surface area (Å²) in [7, 11) is 0. The van der Waals surface area contributed by atoms with Crippen molar-refractivity contribution in [3.05, 3.63) is 23.3 Å². The number of nitrogens with one attached hydrogen (secondary N) is 1. The fraction of sp³-hybridized carbons (Fsp3) is 0.231. The van der Waals surface area contributed by atoms with E-state index in [-0.39, 0.29) is 29.7 Å². The van der Waals surface area contributed by atoms with E-state index in [4.69, 9.17) is 0 Å². The monoisotopic (exact) mass is 290 g/mol. The van der Waals surface area contributed by atoms with Gasteiger partial charge in [-0.2, -0.15) is 0 Å². The first-order valence-electron chi connectivity index (χ1n) is 6.17. The van der Waals surface area contributed by atoms with Crippen LogP contribution in [0.1, 0.15) is 33.6 Å². The highest BCUT2D eigenvalue weighted by Gasteiger charge is 2.46. The van der Waals surface area contributed by atoms with Crippen LogP contribution in [-0.4, -0.2) is 44.8 Å². The summed E-state index contributed by atoms with van der Waals surface area (Å²) >= 11 is 0. The molecule has 1 atom stereocenters. The quantitative estimate of drug-likeness (QED) is 0.599. The van der Waals surface area contributed by atoms with Crippen molar-refractivity contribution in [3.63, 3.8) is 0 Å². The number of rotatable bonds is 1. The average molecular weight is 290 g/mol. The highest BCUT2D eigenvalue weighted by molar-refractivity contribution is 6.24. The van der Waals surface area contributed by atoms with Crippen molar-refractivity contribution in [1.82, 2.24) is 10.2 Å². The van der Waals surface area contributed by atoms with Gasteiger partial charge in [0.15, 0.2) is 0 Å². The SMILES string of the molecule is O=C1CCC(N2C(=O)c3cc(O)cc(O)c3C2=O)C(=O)N1. The second-order valence-electron chi connectivity index (χ2n) is 4.83. The predicted octanol–water partition coefficient (Wildman–Crippen LogP) is -0.501. The minimum absolute atomic E-state index is 0.0149. The van der Waals surface area contributed by atoms with Crippen molar-refractivity contribution < 1.29 is 29.4 Å². The number of carbonyl (C=O) groups is 4. The van der Waals surface area contributed by atoms with Gasteiger partial charge in [-0.1, -0.05) is 0 Å². The molecule has 2 aliphatic heterocycles. The molecule has 108 valence electrons. The number of phenols is 2. The van der Waals surface area contributed by atoms with E-state index in [0.29, 0.717) is 4.90 Å². The number of amides is 4. The fourth-order valence-electron chi connectivity index (χ4n) is 2.56. The molecule has 8 nitrogen and oxygen atoms in total. The maximum atomic E-state index is 12.3. The number of hydrogen-bond acceptors (Lipinski definition) is 6. The molecule has 8 heteroatoms. The Kier molecular flexibility index (Phi) is 2.68. The van der Waals surface area contributed by atoms with Gasteiger partial charge in [-0.25, -0.2) is 0 Å². The zero-order chi connectivity index (χ0) is 15.3. The Labute approximate surface area is 118 Å². The number of aromatic hydroxyl groups is 2. The predicted molar refractivity (Wildman–Crippen MR) is 66.4 cm³/mol. The molecule has 0 bridgehead atoms. The van der Waals surface area contributed by atoms with Gasteiger partial charge in [0.2, 0.25) is 11.8 Å². The normalized spacial score (nSPS) is 21.5. The van der Waals surface area contributed by atoms with Crippen molar-refractivity contribution in [2.45, 2.75) is 18.9 Å². The third kappa shape index (κ3) is 1.83. The minimum atomic E-state index is -1.10. The van der Waals surface area contributed by atoms with Crippen LogP contribution in [0, 0.1) is 0 Å². The summed E-state index contributed by atoms with van der Waals surface area (Å²) < 4.78 is 0. The molecular formula is C13H10N2O6. The first-order chi connectivity index (χ1) is 9.90. The van der Waals surface area contributed by atoms with Crippen LogP contribution in [0.4, 0.5) is 0 Å². The first-order valence-corrected chi connectivity index (χ1v) is 6.17. The van der Waals surface area contributed by atoms with Gasteiger partial charge < -0.3 is 10.2 Å². The maximum absolute atomic E-state index is 12.3. The van der Waals surface area contributed by atoms with Crippen LogP contribution in [0.2, 0.25) is 0 Å². The Hall–Kier alpha value is -2.90. The van der Waals surface area contributed by atoms with Gasteiger partial charge in [0, 0.05) is 12.5 Å². The minimum Gasteiger partial charge on any atom is -0.508 e. The highest BCUT2D eigenvalue weighted by Crippen LogP contribution is 2.35. The molecule has 0 aliphatic carbocycles. The summed E-state index contributed by atoms with van der Waals surface area (Å²) in [5, 5.41) is 21.2. The lowest BCUT2D eigenvalue weighted by Gasteiger charge is -2.27. The summed E-state index contributed by atoms with van der Waals surface area (Å²) in [6.07, 6.45) is 0.0456. The van der Waals surface area contributed by atoms with Gasteiger partial charge in [0.05, 0.1) is 11.1 Å². The number of piperidine rings is 1. The fourth-order valence-corrected chi connectivity index (χ4v) is 2.56. The number of phenolic OH excluding ortho intramolecular Hbond substituents is 2. The van der Waals surface area contributed by atoms with E-state index in [2.05, 4.69) is 5.32 Å². The zero-order valence-corrected chi connectivity index (χ0v) is 10.6. The van der Waals surface area contributed by atoms with Crippen LogP contribution in [0.25, 0.3) is 0 Å². The number of imide groups is 2. The Morgan fingerprint density at radius 2 is 1.81 bits per heavy atom. The Morgan fingerprint density at radius 1 is 1.10 bits per heavy atom. The molecule has 0 spiro atoms. The molecular weight excluding hydrogens is 280 g/mol. The van der Waals surface area contributed by atoms with E-state index in [0.717, 1.165) is 12.1 Å². The summed E-state index contributed by atoms with van der Waals surface area (Å²) in [4.78, 5) is 48.2. The van der Waals surface area contributed by atoms with Crippen molar-refractivity contribution >= 4 is 23.6 Å². The molecule has 0 radical (unpaired) electrons. The molecule has 21 heavy (non-hydrogen) atoms. The van der Waals surface area contributed by atoms with Gasteiger partial charge in [0.1, 0.15) is 17.5 Å². The van der Waals surface area contributed by atoms with Gasteiger partial charge >= 0.3 is 0 Å². The molecule has 1 saturated heterocycles. The van der Waals surface area contributed by atoms with E-state index < -0.39 is 35.4 Å². The smallest absolute Gasteiger partial charge is 0.266 e. The van der Waals surface area contributed by atoms with E-state index in [1.54, 1.807) is 0 Å². The average Bonchev–Trinajstić information content (AvgIpc) is 2.63. The number of hydrogen-bond donors (Lipinski definition) is 3. The summed E-state index contributed by atoms with van der Waals surface area (Å²) in [5.41, 5.74) is -0.412. The molecule has 0 aromatic heterocycles. The van der Waals surface area contributed by atoms with Crippen molar-refractivity contribution in [2.24, 2.45) is 0 Å². The molecule has 1 aromatic carbocycles. The topological polar surface area (TPSA) is 124 Å². The van der Waals surface area contributed by atoms with Gasteiger partial charge in [-0.3, -0.25) is 29.4 Å². The number of benzene rings is 1. The highest BCUT2D eigenvalue weighted by atomic mass is 16.3. The van der Waals surface area contributed by atoms with Crippen LogP contribution >= 0.6 is 0 Å². The van der Waals surface area contributed by atoms with E-state index in [9.17, 15) is 29.4 Å². The summed E-state index contributed by atoms with van der Waals surface area (Å²) in [6.45, 7) is 0. The van der Waals surface area contributed by atoms with Crippen molar-refractivity contribution in [2.75, 3.05) is 0 Å². The number of nitrogens with zero attached hydrogens (tertiary/aromatic N) is 1. The number of carbonyl (C=O) groups excluding carboxylic acids is 4. The first kappa shape index (κ1) is 13.1. The molecule has 1 unspecified atom stereocenters. The van der Waals surface area contributed by atoms with Crippen LogP contribution < -0.4 is 5.32 Å². The summed E-state index contributed by atoms with van der Waals surface area (Å²) in [6, 6.07) is 0.899. The third-order valence-corrected chi connectivity index (χ3v) is 3.51. The van der Waals surface area contributed by atoms with Crippen molar-refractivity contribution in [3.8, 4) is 11.5 Å².